The lowest BCUT2D eigenvalue weighted by Crippen LogP contribution is -2.23. The molecule has 0 fully saturated rings. The summed E-state index contributed by atoms with van der Waals surface area (Å²) >= 11 is 0. The lowest BCUT2D eigenvalue weighted by molar-refractivity contribution is -0.133. The summed E-state index contributed by atoms with van der Waals surface area (Å²) in [6.07, 6.45) is 1.17. The number of nitrogens with one attached hydrogen (secondary N) is 1. The van der Waals surface area contributed by atoms with Crippen LogP contribution >= 0.6 is 0 Å². The molecule has 4 heteroatoms. The zero-order valence-electron chi connectivity index (χ0n) is 10.7. The van der Waals surface area contributed by atoms with E-state index < -0.39 is 0 Å². The highest BCUT2D eigenvalue weighted by atomic mass is 16.6. The van der Waals surface area contributed by atoms with E-state index in [1.165, 1.54) is 0 Å². The fraction of sp³-hybridized carbons (Fsp3) is 0.462. The molecule has 0 spiro atoms. The Morgan fingerprint density at radius 2 is 1.94 bits per heavy atom. The molecule has 0 aliphatic rings. The lowest BCUT2D eigenvalue weighted by atomic mass is 10.1. The first-order valence-electron chi connectivity index (χ1n) is 5.80. The molecule has 4 nitrogen and oxygen atoms in total. The minimum Gasteiger partial charge on any atom is -0.378 e. The second-order valence-electron chi connectivity index (χ2n) is 4.02. The summed E-state index contributed by atoms with van der Waals surface area (Å²) in [4.78, 5) is 18.2. The number of amides is 1. The highest BCUT2D eigenvalue weighted by Crippen LogP contribution is 2.13. The van der Waals surface area contributed by atoms with Crippen molar-refractivity contribution in [3.05, 3.63) is 29.8 Å². The summed E-state index contributed by atoms with van der Waals surface area (Å²) in [6, 6.07) is 8.19. The van der Waals surface area contributed by atoms with Gasteiger partial charge in [-0.2, -0.15) is 0 Å². The Morgan fingerprint density at radius 3 is 2.47 bits per heavy atom. The Morgan fingerprint density at radius 1 is 1.29 bits per heavy atom. The van der Waals surface area contributed by atoms with E-state index in [1.807, 2.05) is 38.1 Å². The number of hydroxylamine groups is 1. The van der Waals surface area contributed by atoms with Gasteiger partial charge in [0.2, 0.25) is 5.91 Å². The van der Waals surface area contributed by atoms with Crippen LogP contribution in [0.2, 0.25) is 0 Å². The van der Waals surface area contributed by atoms with Gasteiger partial charge in [0.1, 0.15) is 0 Å². The molecule has 0 aliphatic carbocycles. The maximum atomic E-state index is 11.3. The molecule has 94 valence electrons. The van der Waals surface area contributed by atoms with Gasteiger partial charge in [0.15, 0.2) is 0 Å². The summed E-state index contributed by atoms with van der Waals surface area (Å²) in [6.45, 7) is 2.32. The topological polar surface area (TPSA) is 41.6 Å². The number of hydrogen-bond acceptors (Lipinski definition) is 3. The van der Waals surface area contributed by atoms with Crippen LogP contribution in [0.5, 0.6) is 0 Å². The van der Waals surface area contributed by atoms with E-state index in [1.54, 1.807) is 0 Å². The summed E-state index contributed by atoms with van der Waals surface area (Å²) in [5.41, 5.74) is 4.70. The summed E-state index contributed by atoms with van der Waals surface area (Å²) in [7, 11) is 4.01. The third-order valence-electron chi connectivity index (χ3n) is 2.42. The van der Waals surface area contributed by atoms with Crippen molar-refractivity contribution in [3.63, 3.8) is 0 Å². The van der Waals surface area contributed by atoms with E-state index in [4.69, 9.17) is 4.84 Å². The maximum absolute atomic E-state index is 11.3. The predicted octanol–water partition coefficient (Wildman–Crippen LogP) is 1.75. The number of carbonyl (C=O) groups is 1. The average Bonchev–Trinajstić information content (AvgIpc) is 2.34. The van der Waals surface area contributed by atoms with Crippen LogP contribution in [-0.4, -0.2) is 26.6 Å². The number of carbonyl (C=O) groups excluding carboxylic acids is 1. The smallest absolute Gasteiger partial charge is 0.243 e. The number of rotatable bonds is 6. The van der Waals surface area contributed by atoms with Crippen LogP contribution in [0.15, 0.2) is 24.3 Å². The molecule has 0 saturated heterocycles. The van der Waals surface area contributed by atoms with Gasteiger partial charge < -0.3 is 4.90 Å². The third-order valence-corrected chi connectivity index (χ3v) is 2.42. The molecule has 0 atom stereocenters. The Bertz CT molecular complexity index is 347. The second-order valence-corrected chi connectivity index (χ2v) is 4.02. The first kappa shape index (κ1) is 13.5. The number of aryl methyl sites for hydroxylation is 1. The van der Waals surface area contributed by atoms with Crippen LogP contribution in [0, 0.1) is 0 Å². The Balaban J connectivity index is 2.39. The third kappa shape index (κ3) is 4.87. The zero-order chi connectivity index (χ0) is 12.7. The van der Waals surface area contributed by atoms with Gasteiger partial charge in [0.05, 0.1) is 6.61 Å². The van der Waals surface area contributed by atoms with Crippen LogP contribution in [0.3, 0.4) is 0 Å². The van der Waals surface area contributed by atoms with Gasteiger partial charge in [-0.3, -0.25) is 9.63 Å². The fourth-order valence-electron chi connectivity index (χ4n) is 1.42. The first-order valence-corrected chi connectivity index (χ1v) is 5.80. The van der Waals surface area contributed by atoms with Crippen molar-refractivity contribution in [2.24, 2.45) is 0 Å². The minimum atomic E-state index is -0.0801. The molecule has 1 aromatic rings. The monoisotopic (exact) mass is 236 g/mol. The van der Waals surface area contributed by atoms with Crippen molar-refractivity contribution < 1.29 is 9.63 Å². The van der Waals surface area contributed by atoms with Crippen molar-refractivity contribution in [3.8, 4) is 0 Å². The van der Waals surface area contributed by atoms with E-state index in [0.29, 0.717) is 13.0 Å². The molecular formula is C13H20N2O2. The summed E-state index contributed by atoms with van der Waals surface area (Å²) in [5, 5.41) is 0. The zero-order valence-corrected chi connectivity index (χ0v) is 10.7. The van der Waals surface area contributed by atoms with Gasteiger partial charge in [-0.05, 0) is 31.0 Å². The van der Waals surface area contributed by atoms with Crippen LogP contribution in [0.4, 0.5) is 5.69 Å². The van der Waals surface area contributed by atoms with Crippen LogP contribution in [0.25, 0.3) is 0 Å². The quantitative estimate of drug-likeness (QED) is 0.765. The lowest BCUT2D eigenvalue weighted by Gasteiger charge is -2.12. The van der Waals surface area contributed by atoms with Gasteiger partial charge in [-0.15, -0.1) is 0 Å². The van der Waals surface area contributed by atoms with Crippen molar-refractivity contribution in [1.82, 2.24) is 5.48 Å². The Kier molecular flexibility index (Phi) is 5.49. The van der Waals surface area contributed by atoms with Crippen LogP contribution in [-0.2, 0) is 16.1 Å². The molecule has 1 rings (SSSR count). The van der Waals surface area contributed by atoms with Gasteiger partial charge >= 0.3 is 0 Å². The van der Waals surface area contributed by atoms with Crippen LogP contribution in [0.1, 0.15) is 18.9 Å². The second kappa shape index (κ2) is 6.91. The number of nitrogens with zero attached hydrogens (tertiary/aromatic N) is 1. The van der Waals surface area contributed by atoms with Crippen molar-refractivity contribution >= 4 is 11.6 Å². The minimum absolute atomic E-state index is 0.0801. The van der Waals surface area contributed by atoms with E-state index in [9.17, 15) is 4.79 Å². The largest absolute Gasteiger partial charge is 0.378 e. The Labute approximate surface area is 103 Å². The summed E-state index contributed by atoms with van der Waals surface area (Å²) < 4.78 is 0. The molecule has 0 heterocycles. The molecule has 0 unspecified atom stereocenters. The Hall–Kier alpha value is -1.55. The van der Waals surface area contributed by atoms with Gasteiger partial charge in [0.25, 0.3) is 0 Å². The number of hydrogen-bond donors (Lipinski definition) is 1. The molecule has 0 saturated carbocycles. The van der Waals surface area contributed by atoms with Crippen molar-refractivity contribution in [2.75, 3.05) is 25.6 Å². The summed E-state index contributed by atoms with van der Waals surface area (Å²) in [5.74, 6) is -0.0801. The molecular weight excluding hydrogens is 216 g/mol. The van der Waals surface area contributed by atoms with Crippen molar-refractivity contribution in [1.29, 1.82) is 0 Å². The standard InChI is InChI=1S/C13H20N2O2/c1-4-17-14-13(16)10-7-11-5-8-12(9-6-11)15(2)3/h5-6,8-9H,4,7,10H2,1-3H3,(H,14,16). The van der Waals surface area contributed by atoms with Gasteiger partial charge in [0, 0.05) is 26.2 Å². The van der Waals surface area contributed by atoms with Gasteiger partial charge in [-0.1, -0.05) is 12.1 Å². The highest BCUT2D eigenvalue weighted by Gasteiger charge is 2.02. The molecule has 0 aromatic heterocycles. The number of anilines is 1. The van der Waals surface area contributed by atoms with Crippen LogP contribution < -0.4 is 10.4 Å². The molecule has 1 N–H and O–H groups in total. The van der Waals surface area contributed by atoms with E-state index in [-0.39, 0.29) is 5.91 Å². The molecule has 17 heavy (non-hydrogen) atoms. The molecule has 1 amide bonds. The molecule has 0 bridgehead atoms. The maximum Gasteiger partial charge on any atom is 0.243 e. The van der Waals surface area contributed by atoms with Gasteiger partial charge in [-0.25, -0.2) is 5.48 Å². The SMILES string of the molecule is CCONC(=O)CCc1ccc(N(C)C)cc1. The molecule has 0 radical (unpaired) electrons. The predicted molar refractivity (Wildman–Crippen MR) is 68.9 cm³/mol. The van der Waals surface area contributed by atoms with Crippen molar-refractivity contribution in [2.45, 2.75) is 19.8 Å². The molecule has 0 aliphatic heterocycles. The normalized spacial score (nSPS) is 10.1. The van der Waals surface area contributed by atoms with E-state index in [2.05, 4.69) is 17.6 Å². The fourth-order valence-corrected chi connectivity index (χ4v) is 1.42. The first-order chi connectivity index (χ1) is 8.13. The van der Waals surface area contributed by atoms with E-state index in [0.717, 1.165) is 17.7 Å². The highest BCUT2D eigenvalue weighted by molar-refractivity contribution is 5.75. The molecule has 1 aromatic carbocycles. The van der Waals surface area contributed by atoms with E-state index >= 15 is 0 Å². The average molecular weight is 236 g/mol. The number of benzene rings is 1.